The van der Waals surface area contributed by atoms with Crippen LogP contribution in [0.25, 0.3) is 0 Å². The van der Waals surface area contributed by atoms with E-state index in [0.717, 1.165) is 19.6 Å². The van der Waals surface area contributed by atoms with E-state index in [0.29, 0.717) is 76.7 Å². The second kappa shape index (κ2) is 19.1. The number of benzene rings is 1. The predicted octanol–water partition coefficient (Wildman–Crippen LogP) is 1.73. The van der Waals surface area contributed by atoms with E-state index in [1.54, 1.807) is 28.4 Å². The third-order valence-electron chi connectivity index (χ3n) is 4.38. The lowest BCUT2D eigenvalue weighted by Gasteiger charge is -2.21. The molecule has 180 valence electrons. The molecule has 0 saturated heterocycles. The molecule has 0 atom stereocenters. The number of para-hydroxylation sites is 1. The maximum Gasteiger partial charge on any atom is 0.203 e. The molecule has 9 nitrogen and oxygen atoms in total. The Morgan fingerprint density at radius 3 is 1.52 bits per heavy atom. The lowest BCUT2D eigenvalue weighted by molar-refractivity contribution is 0.00396. The van der Waals surface area contributed by atoms with E-state index >= 15 is 0 Å². The summed E-state index contributed by atoms with van der Waals surface area (Å²) in [5, 5.41) is 0. The predicted molar refractivity (Wildman–Crippen MR) is 118 cm³/mol. The largest absolute Gasteiger partial charge is 0.493 e. The first-order valence-electron chi connectivity index (χ1n) is 10.5. The number of hydrogen-bond acceptors (Lipinski definition) is 9. The van der Waals surface area contributed by atoms with Crippen molar-refractivity contribution in [3.63, 3.8) is 0 Å². The summed E-state index contributed by atoms with van der Waals surface area (Å²) in [6.45, 7) is 7.55. The van der Waals surface area contributed by atoms with E-state index in [2.05, 4.69) is 4.90 Å². The minimum atomic E-state index is 0.391. The van der Waals surface area contributed by atoms with Crippen molar-refractivity contribution in [3.8, 4) is 17.2 Å². The van der Waals surface area contributed by atoms with Gasteiger partial charge in [0.05, 0.1) is 67.1 Å². The van der Waals surface area contributed by atoms with Crippen molar-refractivity contribution < 1.29 is 37.9 Å². The topological polar surface area (TPSA) is 77.1 Å². The van der Waals surface area contributed by atoms with E-state index in [9.17, 15) is 0 Å². The molecule has 0 fully saturated rings. The third-order valence-corrected chi connectivity index (χ3v) is 4.38. The zero-order valence-electron chi connectivity index (χ0n) is 19.4. The van der Waals surface area contributed by atoms with Crippen LogP contribution in [0.2, 0.25) is 0 Å². The van der Waals surface area contributed by atoms with Crippen molar-refractivity contribution in [2.45, 2.75) is 0 Å². The molecule has 1 rings (SSSR count). The van der Waals surface area contributed by atoms with Gasteiger partial charge < -0.3 is 37.9 Å². The highest BCUT2D eigenvalue weighted by molar-refractivity contribution is 5.51. The summed E-state index contributed by atoms with van der Waals surface area (Å²) in [5.74, 6) is 1.83. The Labute approximate surface area is 186 Å². The summed E-state index contributed by atoms with van der Waals surface area (Å²) in [5.41, 5.74) is 0. The Morgan fingerprint density at radius 2 is 1.03 bits per heavy atom. The van der Waals surface area contributed by atoms with Gasteiger partial charge in [-0.1, -0.05) is 6.07 Å². The third kappa shape index (κ3) is 12.7. The van der Waals surface area contributed by atoms with Crippen LogP contribution in [-0.4, -0.2) is 112 Å². The van der Waals surface area contributed by atoms with Crippen LogP contribution in [0.15, 0.2) is 18.2 Å². The summed E-state index contributed by atoms with van der Waals surface area (Å²) < 4.78 is 43.3. The minimum absolute atomic E-state index is 0.391. The average molecular weight is 446 g/mol. The lowest BCUT2D eigenvalue weighted by atomic mass is 10.3. The van der Waals surface area contributed by atoms with Gasteiger partial charge in [-0.2, -0.15) is 0 Å². The first-order valence-corrected chi connectivity index (χ1v) is 10.5. The quantitative estimate of drug-likeness (QED) is 0.263. The molecular formula is C22H39NO8. The molecule has 0 saturated carbocycles. The molecule has 0 radical (unpaired) electrons. The summed E-state index contributed by atoms with van der Waals surface area (Å²) in [4.78, 5) is 2.25. The van der Waals surface area contributed by atoms with Gasteiger partial charge in [0.2, 0.25) is 5.75 Å². The van der Waals surface area contributed by atoms with E-state index < -0.39 is 0 Å². The number of hydrogen-bond donors (Lipinski definition) is 0. The molecular weight excluding hydrogens is 406 g/mol. The minimum Gasteiger partial charge on any atom is -0.493 e. The second-order valence-corrected chi connectivity index (χ2v) is 6.50. The summed E-state index contributed by atoms with van der Waals surface area (Å²) in [7, 11) is 6.60. The Morgan fingerprint density at radius 1 is 0.581 bits per heavy atom. The van der Waals surface area contributed by atoms with Crippen LogP contribution in [-0.2, 0) is 23.7 Å². The summed E-state index contributed by atoms with van der Waals surface area (Å²) in [6, 6.07) is 5.50. The van der Waals surface area contributed by atoms with Crippen LogP contribution >= 0.6 is 0 Å². The zero-order valence-corrected chi connectivity index (χ0v) is 19.4. The standard InChI is InChI=1S/C22H39NO8/c1-24-11-8-23(9-12-25-2)10-13-28-14-15-29-16-17-30-18-19-31-22-20(26-3)6-5-7-21(22)27-4/h5-7H,8-19H2,1-4H3. The van der Waals surface area contributed by atoms with Crippen LogP contribution in [0.5, 0.6) is 17.2 Å². The molecule has 9 heteroatoms. The maximum absolute atomic E-state index is 5.73. The molecule has 1 aromatic rings. The van der Waals surface area contributed by atoms with E-state index in [4.69, 9.17) is 37.9 Å². The normalized spacial score (nSPS) is 11.1. The molecule has 0 aliphatic carbocycles. The maximum atomic E-state index is 5.73. The Kier molecular flexibility index (Phi) is 16.9. The Balaban J connectivity index is 2.00. The van der Waals surface area contributed by atoms with Gasteiger partial charge in [-0.25, -0.2) is 0 Å². The van der Waals surface area contributed by atoms with Crippen LogP contribution in [0.1, 0.15) is 0 Å². The molecule has 0 spiro atoms. The highest BCUT2D eigenvalue weighted by Gasteiger charge is 2.10. The van der Waals surface area contributed by atoms with E-state index in [-0.39, 0.29) is 0 Å². The van der Waals surface area contributed by atoms with Gasteiger partial charge in [0.15, 0.2) is 11.5 Å². The average Bonchev–Trinajstić information content (AvgIpc) is 2.80. The van der Waals surface area contributed by atoms with Crippen LogP contribution in [0.3, 0.4) is 0 Å². The van der Waals surface area contributed by atoms with Gasteiger partial charge in [-0.05, 0) is 12.1 Å². The molecule has 0 aliphatic rings. The fourth-order valence-corrected chi connectivity index (χ4v) is 2.67. The van der Waals surface area contributed by atoms with Gasteiger partial charge in [-0.15, -0.1) is 0 Å². The molecule has 0 amide bonds. The number of ether oxygens (including phenoxy) is 8. The number of nitrogens with zero attached hydrogens (tertiary/aromatic N) is 1. The van der Waals surface area contributed by atoms with E-state index in [1.807, 2.05) is 18.2 Å². The van der Waals surface area contributed by atoms with Crippen LogP contribution < -0.4 is 14.2 Å². The van der Waals surface area contributed by atoms with E-state index in [1.165, 1.54) is 0 Å². The molecule has 0 N–H and O–H groups in total. The van der Waals surface area contributed by atoms with Crippen molar-refractivity contribution in [1.29, 1.82) is 0 Å². The second-order valence-electron chi connectivity index (χ2n) is 6.50. The Bertz CT molecular complexity index is 516. The van der Waals surface area contributed by atoms with Crippen LogP contribution in [0, 0.1) is 0 Å². The van der Waals surface area contributed by atoms with Gasteiger partial charge >= 0.3 is 0 Å². The fraction of sp³-hybridized carbons (Fsp3) is 0.727. The van der Waals surface area contributed by atoms with Gasteiger partial charge in [-0.3, -0.25) is 4.90 Å². The smallest absolute Gasteiger partial charge is 0.203 e. The van der Waals surface area contributed by atoms with Crippen molar-refractivity contribution >= 4 is 0 Å². The molecule has 31 heavy (non-hydrogen) atoms. The van der Waals surface area contributed by atoms with Gasteiger partial charge in [0.1, 0.15) is 6.61 Å². The first-order chi connectivity index (χ1) is 15.3. The lowest BCUT2D eigenvalue weighted by Crippen LogP contribution is -2.33. The first kappa shape index (κ1) is 27.4. The van der Waals surface area contributed by atoms with Crippen molar-refractivity contribution in [3.05, 3.63) is 18.2 Å². The number of rotatable bonds is 21. The zero-order chi connectivity index (χ0) is 22.6. The van der Waals surface area contributed by atoms with Crippen LogP contribution in [0.4, 0.5) is 0 Å². The molecule has 0 aliphatic heterocycles. The summed E-state index contributed by atoms with van der Waals surface area (Å²) in [6.07, 6.45) is 0. The van der Waals surface area contributed by atoms with Gasteiger partial charge in [0, 0.05) is 33.9 Å². The van der Waals surface area contributed by atoms with Crippen molar-refractivity contribution in [2.24, 2.45) is 0 Å². The monoisotopic (exact) mass is 445 g/mol. The molecule has 0 bridgehead atoms. The molecule has 0 heterocycles. The fourth-order valence-electron chi connectivity index (χ4n) is 2.67. The molecule has 1 aromatic carbocycles. The summed E-state index contributed by atoms with van der Waals surface area (Å²) >= 11 is 0. The molecule has 0 aromatic heterocycles. The SMILES string of the molecule is COCCN(CCOC)CCOCCOCCOCCOc1c(OC)cccc1OC. The highest BCUT2D eigenvalue weighted by atomic mass is 16.6. The Hall–Kier alpha value is -1.62. The van der Waals surface area contributed by atoms with Crippen molar-refractivity contribution in [2.75, 3.05) is 108 Å². The van der Waals surface area contributed by atoms with Gasteiger partial charge in [0.25, 0.3) is 0 Å². The van der Waals surface area contributed by atoms with Crippen molar-refractivity contribution in [1.82, 2.24) is 4.90 Å². The molecule has 0 unspecified atom stereocenters. The number of methoxy groups -OCH3 is 4. The highest BCUT2D eigenvalue weighted by Crippen LogP contribution is 2.36.